The van der Waals surface area contributed by atoms with Crippen molar-refractivity contribution >= 4 is 11.8 Å². The van der Waals surface area contributed by atoms with E-state index in [1.54, 1.807) is 9.80 Å². The molecule has 0 aromatic rings. The summed E-state index contributed by atoms with van der Waals surface area (Å²) in [7, 11) is 0. The molecule has 2 amide bonds. The van der Waals surface area contributed by atoms with Crippen LogP contribution in [0.15, 0.2) is 0 Å². The van der Waals surface area contributed by atoms with Crippen LogP contribution >= 0.6 is 0 Å². The summed E-state index contributed by atoms with van der Waals surface area (Å²) in [4.78, 5) is 27.3. The Morgan fingerprint density at radius 2 is 1.25 bits per heavy atom. The van der Waals surface area contributed by atoms with Gasteiger partial charge in [0.1, 0.15) is 0 Å². The first-order chi connectivity index (χ1) is 9.66. The minimum Gasteiger partial charge on any atom is -0.389 e. The third-order valence-corrected chi connectivity index (χ3v) is 4.21. The molecular formula is C15H26N2O3. The second-order valence-corrected chi connectivity index (χ2v) is 5.95. The molecule has 0 aliphatic carbocycles. The maximum atomic E-state index is 11.9. The Labute approximate surface area is 120 Å². The summed E-state index contributed by atoms with van der Waals surface area (Å²) in [6.45, 7) is 2.21. The van der Waals surface area contributed by atoms with Crippen molar-refractivity contribution in [3.63, 3.8) is 0 Å². The van der Waals surface area contributed by atoms with Gasteiger partial charge in [-0.3, -0.25) is 9.59 Å². The number of amides is 2. The third-order valence-electron chi connectivity index (χ3n) is 4.21. The first-order valence-corrected chi connectivity index (χ1v) is 7.90. The molecule has 2 aliphatic rings. The average Bonchev–Trinajstić information content (AvgIpc) is 2.73. The van der Waals surface area contributed by atoms with Gasteiger partial charge in [0.2, 0.25) is 11.8 Å². The molecule has 0 radical (unpaired) electrons. The molecule has 1 N–H and O–H groups in total. The molecule has 0 aromatic heterocycles. The van der Waals surface area contributed by atoms with E-state index in [0.717, 1.165) is 51.6 Å². The summed E-state index contributed by atoms with van der Waals surface area (Å²) in [6, 6.07) is 0. The van der Waals surface area contributed by atoms with Crippen molar-refractivity contribution in [1.29, 1.82) is 0 Å². The van der Waals surface area contributed by atoms with Gasteiger partial charge in [0, 0.05) is 39.0 Å². The highest BCUT2D eigenvalue weighted by Crippen LogP contribution is 2.14. The van der Waals surface area contributed by atoms with Crippen LogP contribution in [0.25, 0.3) is 0 Å². The quantitative estimate of drug-likeness (QED) is 0.841. The predicted octanol–water partition coefficient (Wildman–Crippen LogP) is 1.15. The van der Waals surface area contributed by atoms with Gasteiger partial charge >= 0.3 is 0 Å². The van der Waals surface area contributed by atoms with Gasteiger partial charge in [-0.15, -0.1) is 0 Å². The van der Waals surface area contributed by atoms with Gasteiger partial charge in [-0.1, -0.05) is 12.8 Å². The van der Waals surface area contributed by atoms with Gasteiger partial charge in [0.05, 0.1) is 6.10 Å². The molecular weight excluding hydrogens is 256 g/mol. The summed E-state index contributed by atoms with van der Waals surface area (Å²) in [6.07, 6.45) is 6.67. The van der Waals surface area contributed by atoms with E-state index in [0.29, 0.717) is 25.9 Å². The van der Waals surface area contributed by atoms with Crippen molar-refractivity contribution in [3.05, 3.63) is 0 Å². The molecule has 2 heterocycles. The normalized spacial score (nSPS) is 22.1. The molecule has 0 unspecified atom stereocenters. The number of nitrogens with zero attached hydrogens (tertiary/aromatic N) is 2. The van der Waals surface area contributed by atoms with Gasteiger partial charge < -0.3 is 14.9 Å². The fourth-order valence-corrected chi connectivity index (χ4v) is 3.03. The molecule has 0 atom stereocenters. The fraction of sp³-hybridized carbons (Fsp3) is 0.867. The van der Waals surface area contributed by atoms with E-state index >= 15 is 0 Å². The number of carbonyl (C=O) groups excluding carboxylic acids is 2. The highest BCUT2D eigenvalue weighted by Gasteiger charge is 2.23. The summed E-state index contributed by atoms with van der Waals surface area (Å²) in [5, 5.41) is 10.2. The van der Waals surface area contributed by atoms with Gasteiger partial charge in [0.25, 0.3) is 0 Å². The molecule has 114 valence electrons. The molecule has 5 heteroatoms. The Balaban J connectivity index is 1.82. The van der Waals surface area contributed by atoms with Crippen LogP contribution in [0.4, 0.5) is 0 Å². The zero-order valence-electron chi connectivity index (χ0n) is 12.2. The second-order valence-electron chi connectivity index (χ2n) is 5.95. The number of aliphatic hydroxyl groups is 1. The maximum absolute atomic E-state index is 11.9. The van der Waals surface area contributed by atoms with E-state index in [-0.39, 0.29) is 11.8 Å². The topological polar surface area (TPSA) is 60.9 Å². The van der Waals surface area contributed by atoms with Crippen molar-refractivity contribution < 1.29 is 14.7 Å². The SMILES string of the molecule is O=C1CCCCCN1CC(O)CN1CCCCCC1=O. The monoisotopic (exact) mass is 282 g/mol. The van der Waals surface area contributed by atoms with Crippen LogP contribution in [0.1, 0.15) is 51.4 Å². The minimum absolute atomic E-state index is 0.142. The average molecular weight is 282 g/mol. The van der Waals surface area contributed by atoms with Crippen molar-refractivity contribution in [2.24, 2.45) is 0 Å². The largest absolute Gasteiger partial charge is 0.389 e. The smallest absolute Gasteiger partial charge is 0.222 e. The van der Waals surface area contributed by atoms with Gasteiger partial charge in [-0.25, -0.2) is 0 Å². The molecule has 2 rings (SSSR count). The van der Waals surface area contributed by atoms with E-state index in [2.05, 4.69) is 0 Å². The number of carbonyl (C=O) groups is 2. The molecule has 2 aliphatic heterocycles. The third kappa shape index (κ3) is 4.47. The summed E-state index contributed by atoms with van der Waals surface area (Å²) >= 11 is 0. The minimum atomic E-state index is -0.626. The van der Waals surface area contributed by atoms with Crippen LogP contribution < -0.4 is 0 Å². The highest BCUT2D eigenvalue weighted by molar-refractivity contribution is 5.77. The van der Waals surface area contributed by atoms with E-state index in [1.807, 2.05) is 0 Å². The van der Waals surface area contributed by atoms with Crippen LogP contribution in [0.5, 0.6) is 0 Å². The molecule has 0 saturated carbocycles. The molecule has 5 nitrogen and oxygen atoms in total. The van der Waals surface area contributed by atoms with Crippen molar-refractivity contribution in [2.75, 3.05) is 26.2 Å². The predicted molar refractivity (Wildman–Crippen MR) is 76.1 cm³/mol. The van der Waals surface area contributed by atoms with E-state index in [4.69, 9.17) is 0 Å². The Morgan fingerprint density at radius 3 is 1.70 bits per heavy atom. The summed E-state index contributed by atoms with van der Waals surface area (Å²) in [5.41, 5.74) is 0. The first-order valence-electron chi connectivity index (χ1n) is 7.90. The highest BCUT2D eigenvalue weighted by atomic mass is 16.3. The molecule has 0 bridgehead atoms. The number of β-amino-alcohol motifs (C(OH)–C–C–N with tert-alkyl or cyclic N) is 1. The molecule has 2 fully saturated rings. The summed E-state index contributed by atoms with van der Waals surface area (Å²) in [5.74, 6) is 0.285. The van der Waals surface area contributed by atoms with Crippen molar-refractivity contribution in [2.45, 2.75) is 57.5 Å². The lowest BCUT2D eigenvalue weighted by Gasteiger charge is -2.28. The van der Waals surface area contributed by atoms with Gasteiger partial charge in [-0.05, 0) is 25.7 Å². The first kappa shape index (κ1) is 15.3. The lowest BCUT2D eigenvalue weighted by molar-refractivity contribution is -0.134. The Morgan fingerprint density at radius 1 is 0.800 bits per heavy atom. The maximum Gasteiger partial charge on any atom is 0.222 e. The van der Waals surface area contributed by atoms with E-state index in [9.17, 15) is 14.7 Å². The summed E-state index contributed by atoms with van der Waals surface area (Å²) < 4.78 is 0. The fourth-order valence-electron chi connectivity index (χ4n) is 3.03. The van der Waals surface area contributed by atoms with E-state index in [1.165, 1.54) is 0 Å². The Kier molecular flexibility index (Phi) is 5.83. The zero-order chi connectivity index (χ0) is 14.4. The standard InChI is InChI=1S/C15H26N2O3/c18-13(11-16-9-5-1-3-7-14(16)19)12-17-10-6-2-4-8-15(17)20/h13,18H,1-12H2. The van der Waals surface area contributed by atoms with Gasteiger partial charge in [0.15, 0.2) is 0 Å². The van der Waals surface area contributed by atoms with Gasteiger partial charge in [-0.2, -0.15) is 0 Å². The molecule has 0 aromatic carbocycles. The lowest BCUT2D eigenvalue weighted by atomic mass is 10.2. The Bertz CT molecular complexity index is 314. The Hall–Kier alpha value is -1.10. The number of hydrogen-bond donors (Lipinski definition) is 1. The number of likely N-dealkylation sites (tertiary alicyclic amines) is 2. The lowest BCUT2D eigenvalue weighted by Crippen LogP contribution is -2.44. The van der Waals surface area contributed by atoms with Crippen LogP contribution in [0, 0.1) is 0 Å². The molecule has 0 spiro atoms. The van der Waals surface area contributed by atoms with Crippen LogP contribution in [0.2, 0.25) is 0 Å². The van der Waals surface area contributed by atoms with E-state index < -0.39 is 6.10 Å². The number of hydrogen-bond acceptors (Lipinski definition) is 3. The van der Waals surface area contributed by atoms with Crippen LogP contribution in [-0.4, -0.2) is 59.0 Å². The van der Waals surface area contributed by atoms with Crippen molar-refractivity contribution in [3.8, 4) is 0 Å². The van der Waals surface area contributed by atoms with Crippen LogP contribution in [0.3, 0.4) is 0 Å². The molecule has 20 heavy (non-hydrogen) atoms. The number of aliphatic hydroxyl groups excluding tert-OH is 1. The second kappa shape index (κ2) is 7.62. The van der Waals surface area contributed by atoms with Crippen molar-refractivity contribution in [1.82, 2.24) is 9.80 Å². The van der Waals surface area contributed by atoms with Crippen LogP contribution in [-0.2, 0) is 9.59 Å². The zero-order valence-corrected chi connectivity index (χ0v) is 12.2. The molecule has 2 saturated heterocycles. The number of rotatable bonds is 4.